The molecule has 0 aliphatic carbocycles. The van der Waals surface area contributed by atoms with E-state index in [-0.39, 0.29) is 5.41 Å². The maximum atomic E-state index is 5.49. The minimum Gasteiger partial charge on any atom is -0.0795 e. The Kier molecular flexibility index (Phi) is 2.91. The lowest BCUT2D eigenvalue weighted by Gasteiger charge is -2.25. The van der Waals surface area contributed by atoms with Gasteiger partial charge in [0.05, 0.1) is 0 Å². The molecule has 0 aliphatic heterocycles. The second-order valence-electron chi connectivity index (χ2n) is 5.09. The van der Waals surface area contributed by atoms with E-state index in [0.717, 1.165) is 4.90 Å². The van der Waals surface area contributed by atoms with Gasteiger partial charge in [-0.2, -0.15) is 0 Å². The molecule has 0 saturated heterocycles. The molecule has 1 aromatic carbocycles. The molecule has 1 aromatic rings. The second kappa shape index (κ2) is 3.54. The van der Waals surface area contributed by atoms with Crippen molar-refractivity contribution in [3.8, 4) is 0 Å². The largest absolute Gasteiger partial charge is 0.0795 e. The van der Waals surface area contributed by atoms with Crippen LogP contribution in [0.2, 0.25) is 0 Å². The van der Waals surface area contributed by atoms with Gasteiger partial charge in [0, 0.05) is 4.90 Å². The molecule has 14 heavy (non-hydrogen) atoms. The zero-order valence-electron chi connectivity index (χ0n) is 9.99. The molecule has 1 heteroatoms. The molecule has 0 aromatic heterocycles. The van der Waals surface area contributed by atoms with Gasteiger partial charge in [-0.3, -0.25) is 0 Å². The van der Waals surface area contributed by atoms with Crippen LogP contribution in [0.5, 0.6) is 0 Å². The van der Waals surface area contributed by atoms with Crippen molar-refractivity contribution in [3.63, 3.8) is 0 Å². The molecule has 77 valence electrons. The molecule has 0 N–H and O–H groups in total. The monoisotopic (exact) mass is 207 g/mol. The van der Waals surface area contributed by atoms with Crippen molar-refractivity contribution in [2.75, 3.05) is 0 Å². The first-order valence-electron chi connectivity index (χ1n) is 5.03. The molecule has 1 rings (SSSR count). The van der Waals surface area contributed by atoms with Gasteiger partial charge in [0.2, 0.25) is 0 Å². The number of hydrogen-bond donors (Lipinski definition) is 0. The van der Waals surface area contributed by atoms with Crippen LogP contribution in [-0.4, -0.2) is 0 Å². The van der Waals surface area contributed by atoms with E-state index >= 15 is 0 Å². The smallest absolute Gasteiger partial charge is 0.0446 e. The summed E-state index contributed by atoms with van der Waals surface area (Å²) in [6, 6.07) is 2.19. The first kappa shape index (κ1) is 11.5. The van der Waals surface area contributed by atoms with Gasteiger partial charge in [-0.05, 0) is 48.4 Å². The highest BCUT2D eigenvalue weighted by Crippen LogP contribution is 2.34. The number of benzene rings is 1. The van der Waals surface area contributed by atoms with Crippen LogP contribution in [0.3, 0.4) is 0 Å². The highest BCUT2D eigenvalue weighted by Gasteiger charge is 2.21. The van der Waals surface area contributed by atoms with E-state index in [1.54, 1.807) is 0 Å². The van der Waals surface area contributed by atoms with Gasteiger partial charge in [-0.15, -0.1) is 0 Å². The third-order valence-electron chi connectivity index (χ3n) is 2.73. The minimum atomic E-state index is 0.151. The Labute approximate surface area is 93.1 Å². The molecule has 0 aliphatic rings. The average molecular weight is 207 g/mol. The van der Waals surface area contributed by atoms with Crippen molar-refractivity contribution in [1.29, 1.82) is 0 Å². The SMILES string of the molecule is Cc1cc(C)c([S])c(C(C)(C)C)c1C. The molecule has 0 unspecified atom stereocenters. The summed E-state index contributed by atoms with van der Waals surface area (Å²) in [5, 5.41) is 0. The van der Waals surface area contributed by atoms with Gasteiger partial charge in [0.1, 0.15) is 0 Å². The van der Waals surface area contributed by atoms with Gasteiger partial charge in [0.25, 0.3) is 0 Å². The summed E-state index contributed by atoms with van der Waals surface area (Å²) >= 11 is 5.49. The summed E-state index contributed by atoms with van der Waals surface area (Å²) in [6.45, 7) is 13.1. The van der Waals surface area contributed by atoms with E-state index in [2.05, 4.69) is 47.6 Å². The van der Waals surface area contributed by atoms with E-state index < -0.39 is 0 Å². The van der Waals surface area contributed by atoms with E-state index in [0.29, 0.717) is 0 Å². The zero-order chi connectivity index (χ0) is 11.1. The highest BCUT2D eigenvalue weighted by molar-refractivity contribution is 7.80. The van der Waals surface area contributed by atoms with Crippen molar-refractivity contribution in [3.05, 3.63) is 28.3 Å². The molecule has 0 nitrogen and oxygen atoms in total. The number of hydrogen-bond acceptors (Lipinski definition) is 0. The first-order valence-corrected chi connectivity index (χ1v) is 5.44. The van der Waals surface area contributed by atoms with Crippen molar-refractivity contribution >= 4 is 12.6 Å². The van der Waals surface area contributed by atoms with Gasteiger partial charge in [-0.1, -0.05) is 39.5 Å². The predicted molar refractivity (Wildman–Crippen MR) is 65.2 cm³/mol. The summed E-state index contributed by atoms with van der Waals surface area (Å²) in [5.41, 5.74) is 5.42. The molecule has 0 spiro atoms. The van der Waals surface area contributed by atoms with Crippen LogP contribution in [-0.2, 0) is 5.41 Å². The van der Waals surface area contributed by atoms with Crippen LogP contribution in [0.4, 0.5) is 0 Å². The van der Waals surface area contributed by atoms with Crippen molar-refractivity contribution in [2.45, 2.75) is 51.9 Å². The Morgan fingerprint density at radius 1 is 1.00 bits per heavy atom. The molecule has 0 amide bonds. The van der Waals surface area contributed by atoms with E-state index in [9.17, 15) is 0 Å². The summed E-state index contributed by atoms with van der Waals surface area (Å²) in [6.07, 6.45) is 0. The molecular formula is C13H19S. The normalized spacial score (nSPS) is 11.9. The maximum Gasteiger partial charge on any atom is 0.0446 e. The van der Waals surface area contributed by atoms with Crippen LogP contribution in [0.1, 0.15) is 43.0 Å². The molecule has 0 bridgehead atoms. The molecule has 1 radical (unpaired) electrons. The maximum absolute atomic E-state index is 5.49. The van der Waals surface area contributed by atoms with E-state index in [1.165, 1.54) is 22.3 Å². The fraction of sp³-hybridized carbons (Fsp3) is 0.538. The highest BCUT2D eigenvalue weighted by atomic mass is 32.1. The van der Waals surface area contributed by atoms with Crippen LogP contribution in [0.25, 0.3) is 0 Å². The van der Waals surface area contributed by atoms with Crippen molar-refractivity contribution in [2.24, 2.45) is 0 Å². The van der Waals surface area contributed by atoms with Gasteiger partial charge in [-0.25, -0.2) is 0 Å². The predicted octanol–water partition coefficient (Wildman–Crippen LogP) is 4.47. The third-order valence-corrected chi connectivity index (χ3v) is 3.26. The zero-order valence-corrected chi connectivity index (χ0v) is 10.8. The minimum absolute atomic E-state index is 0.151. The molecule has 0 saturated carbocycles. The second-order valence-corrected chi connectivity index (χ2v) is 5.50. The summed E-state index contributed by atoms with van der Waals surface area (Å²) < 4.78 is 0. The lowest BCUT2D eigenvalue weighted by Crippen LogP contribution is -2.15. The van der Waals surface area contributed by atoms with E-state index in [1.807, 2.05) is 0 Å². The third kappa shape index (κ3) is 1.93. The van der Waals surface area contributed by atoms with Crippen molar-refractivity contribution in [1.82, 2.24) is 0 Å². The quantitative estimate of drug-likeness (QED) is 0.589. The van der Waals surface area contributed by atoms with Gasteiger partial charge in [0.15, 0.2) is 0 Å². The number of aryl methyl sites for hydroxylation is 2. The Hall–Kier alpha value is -0.560. The fourth-order valence-electron chi connectivity index (χ4n) is 1.97. The molecule has 0 fully saturated rings. The summed E-state index contributed by atoms with van der Waals surface area (Å²) in [4.78, 5) is 1.04. The van der Waals surface area contributed by atoms with Gasteiger partial charge < -0.3 is 0 Å². The standard InChI is InChI=1S/C13H19S/c1-8-7-9(2)12(14)11(10(8)3)13(4,5)6/h7H,1-6H3. The van der Waals surface area contributed by atoms with Crippen LogP contribution in [0, 0.1) is 20.8 Å². The summed E-state index contributed by atoms with van der Waals surface area (Å²) in [7, 11) is 0. The lowest BCUT2D eigenvalue weighted by molar-refractivity contribution is 0.572. The lowest BCUT2D eigenvalue weighted by atomic mass is 9.81. The molecular weight excluding hydrogens is 188 g/mol. The van der Waals surface area contributed by atoms with Crippen LogP contribution in [0.15, 0.2) is 11.0 Å². The van der Waals surface area contributed by atoms with E-state index in [4.69, 9.17) is 12.6 Å². The Bertz CT molecular complexity index is 330. The topological polar surface area (TPSA) is 0 Å². The summed E-state index contributed by atoms with van der Waals surface area (Å²) in [5.74, 6) is 0. The van der Waals surface area contributed by atoms with Gasteiger partial charge >= 0.3 is 0 Å². The van der Waals surface area contributed by atoms with Crippen LogP contribution < -0.4 is 0 Å². The Morgan fingerprint density at radius 3 is 1.93 bits per heavy atom. The Balaban J connectivity index is 3.56. The number of rotatable bonds is 0. The average Bonchev–Trinajstić information content (AvgIpc) is 1.98. The fourth-order valence-corrected chi connectivity index (χ4v) is 2.48. The first-order chi connectivity index (χ1) is 6.25. The van der Waals surface area contributed by atoms with Crippen molar-refractivity contribution < 1.29 is 0 Å². The molecule has 0 atom stereocenters. The van der Waals surface area contributed by atoms with Crippen LogP contribution >= 0.6 is 12.6 Å². The Morgan fingerprint density at radius 2 is 1.50 bits per heavy atom. The molecule has 0 heterocycles.